The van der Waals surface area contributed by atoms with E-state index in [1.807, 2.05) is 12.1 Å². The van der Waals surface area contributed by atoms with Gasteiger partial charge in [-0.3, -0.25) is 0 Å². The fourth-order valence-electron chi connectivity index (χ4n) is 1.15. The quantitative estimate of drug-likeness (QED) is 0.872. The third kappa shape index (κ3) is 3.03. The van der Waals surface area contributed by atoms with E-state index in [4.69, 9.17) is 8.94 Å². The highest BCUT2D eigenvalue weighted by molar-refractivity contribution is 14.1. The molecule has 0 fully saturated rings. The molecule has 6 heteroatoms. The zero-order valence-electron chi connectivity index (χ0n) is 8.16. The number of aromatic nitrogens is 2. The summed E-state index contributed by atoms with van der Waals surface area (Å²) in [5.74, 6) is 2.14. The van der Waals surface area contributed by atoms with Crippen LogP contribution in [0.1, 0.15) is 17.5 Å². The molecule has 0 bridgehead atoms. The van der Waals surface area contributed by atoms with E-state index in [0.717, 1.165) is 9.53 Å². The van der Waals surface area contributed by atoms with Gasteiger partial charge >= 0.3 is 0 Å². The second-order valence-electron chi connectivity index (χ2n) is 3.04. The Balaban J connectivity index is 1.80. The summed E-state index contributed by atoms with van der Waals surface area (Å²) in [6.45, 7) is 3.00. The summed E-state index contributed by atoms with van der Waals surface area (Å²) in [7, 11) is 0. The van der Waals surface area contributed by atoms with Crippen LogP contribution in [0, 0.1) is 10.7 Å². The van der Waals surface area contributed by atoms with Crippen molar-refractivity contribution in [1.29, 1.82) is 0 Å². The van der Waals surface area contributed by atoms with Crippen molar-refractivity contribution >= 4 is 22.6 Å². The van der Waals surface area contributed by atoms with Gasteiger partial charge < -0.3 is 14.3 Å². The SMILES string of the molecule is Cc1noc(CNCc2ccc(I)o2)n1. The Kier molecular flexibility index (Phi) is 3.37. The van der Waals surface area contributed by atoms with Crippen LogP contribution in [-0.2, 0) is 13.1 Å². The van der Waals surface area contributed by atoms with Crippen molar-refractivity contribution < 1.29 is 8.94 Å². The van der Waals surface area contributed by atoms with E-state index in [1.54, 1.807) is 6.92 Å². The molecule has 0 aliphatic heterocycles. The molecule has 1 N–H and O–H groups in total. The molecule has 0 atom stereocenters. The first-order valence-corrected chi connectivity index (χ1v) is 5.56. The van der Waals surface area contributed by atoms with Crippen LogP contribution in [0.25, 0.3) is 0 Å². The van der Waals surface area contributed by atoms with E-state index in [-0.39, 0.29) is 0 Å². The molecule has 0 spiro atoms. The Bertz CT molecular complexity index is 398. The molecule has 80 valence electrons. The van der Waals surface area contributed by atoms with Gasteiger partial charge in [0.15, 0.2) is 9.59 Å². The second-order valence-corrected chi connectivity index (χ2v) is 4.11. The second kappa shape index (κ2) is 4.75. The molecule has 2 heterocycles. The van der Waals surface area contributed by atoms with Crippen molar-refractivity contribution in [3.05, 3.63) is 33.4 Å². The maximum absolute atomic E-state index is 5.38. The summed E-state index contributed by atoms with van der Waals surface area (Å²) in [6, 6.07) is 3.86. The Morgan fingerprint density at radius 2 is 2.27 bits per heavy atom. The van der Waals surface area contributed by atoms with E-state index in [1.165, 1.54) is 0 Å². The van der Waals surface area contributed by atoms with Gasteiger partial charge in [0, 0.05) is 0 Å². The molecule has 0 saturated heterocycles. The molecule has 0 radical (unpaired) electrons. The molecule has 2 rings (SSSR count). The minimum atomic E-state index is 0.554. The van der Waals surface area contributed by atoms with Crippen LogP contribution in [-0.4, -0.2) is 10.1 Å². The fraction of sp³-hybridized carbons (Fsp3) is 0.333. The largest absolute Gasteiger partial charge is 0.454 e. The minimum absolute atomic E-state index is 0.554. The molecule has 0 aromatic carbocycles. The molecule has 2 aromatic rings. The average molecular weight is 319 g/mol. The number of halogens is 1. The highest BCUT2D eigenvalue weighted by Gasteiger charge is 2.03. The van der Waals surface area contributed by atoms with Crippen molar-refractivity contribution in [2.75, 3.05) is 0 Å². The molecule has 5 nitrogen and oxygen atoms in total. The lowest BCUT2D eigenvalue weighted by Gasteiger charge is -1.97. The number of furan rings is 1. The number of hydrogen-bond acceptors (Lipinski definition) is 5. The number of rotatable bonds is 4. The first-order chi connectivity index (χ1) is 7.24. The molecule has 0 aliphatic carbocycles. The first-order valence-electron chi connectivity index (χ1n) is 4.48. The smallest absolute Gasteiger partial charge is 0.240 e. The van der Waals surface area contributed by atoms with Crippen LogP contribution in [0.3, 0.4) is 0 Å². The van der Waals surface area contributed by atoms with E-state index in [2.05, 4.69) is 38.0 Å². The lowest BCUT2D eigenvalue weighted by molar-refractivity contribution is 0.359. The third-order valence-corrected chi connectivity index (χ3v) is 2.35. The van der Waals surface area contributed by atoms with Gasteiger partial charge in [0.1, 0.15) is 5.76 Å². The van der Waals surface area contributed by atoms with Crippen LogP contribution in [0.2, 0.25) is 0 Å². The highest BCUT2D eigenvalue weighted by atomic mass is 127. The summed E-state index contributed by atoms with van der Waals surface area (Å²) in [6.07, 6.45) is 0. The fourth-order valence-corrected chi connectivity index (χ4v) is 1.61. The van der Waals surface area contributed by atoms with Crippen molar-refractivity contribution in [3.8, 4) is 0 Å². The zero-order chi connectivity index (χ0) is 10.7. The maximum atomic E-state index is 5.38. The van der Waals surface area contributed by atoms with Crippen LogP contribution < -0.4 is 5.32 Å². The Labute approximate surface area is 100 Å². The number of nitrogens with one attached hydrogen (secondary N) is 1. The zero-order valence-corrected chi connectivity index (χ0v) is 10.3. The van der Waals surface area contributed by atoms with Crippen molar-refractivity contribution in [1.82, 2.24) is 15.5 Å². The lowest BCUT2D eigenvalue weighted by Crippen LogP contribution is -2.12. The predicted molar refractivity (Wildman–Crippen MR) is 61.0 cm³/mol. The Morgan fingerprint density at radius 1 is 1.40 bits per heavy atom. The van der Waals surface area contributed by atoms with E-state index < -0.39 is 0 Å². The number of nitrogens with zero attached hydrogens (tertiary/aromatic N) is 2. The van der Waals surface area contributed by atoms with Gasteiger partial charge in [-0.25, -0.2) is 0 Å². The van der Waals surface area contributed by atoms with Crippen LogP contribution in [0.4, 0.5) is 0 Å². The molecule has 15 heavy (non-hydrogen) atoms. The highest BCUT2D eigenvalue weighted by Crippen LogP contribution is 2.09. The number of hydrogen-bond donors (Lipinski definition) is 1. The minimum Gasteiger partial charge on any atom is -0.454 e. The monoisotopic (exact) mass is 319 g/mol. The van der Waals surface area contributed by atoms with Gasteiger partial charge in [-0.1, -0.05) is 5.16 Å². The standard InChI is InChI=1S/C9H10IN3O2/c1-6-12-9(15-13-6)5-11-4-7-2-3-8(10)14-7/h2-3,11H,4-5H2,1H3. The Hall–Kier alpha value is -0.890. The van der Waals surface area contributed by atoms with E-state index >= 15 is 0 Å². The molecule has 0 unspecified atom stereocenters. The van der Waals surface area contributed by atoms with Gasteiger partial charge in [-0.15, -0.1) is 0 Å². The van der Waals surface area contributed by atoms with Crippen molar-refractivity contribution in [3.63, 3.8) is 0 Å². The first kappa shape index (κ1) is 10.6. The predicted octanol–water partition coefficient (Wildman–Crippen LogP) is 1.87. The van der Waals surface area contributed by atoms with Gasteiger partial charge in [-0.2, -0.15) is 4.98 Å². The van der Waals surface area contributed by atoms with Crippen LogP contribution in [0.15, 0.2) is 21.1 Å². The summed E-state index contributed by atoms with van der Waals surface area (Å²) >= 11 is 2.13. The summed E-state index contributed by atoms with van der Waals surface area (Å²) in [5, 5.41) is 6.85. The molecule has 0 aliphatic rings. The number of aryl methyl sites for hydroxylation is 1. The molecule has 0 saturated carbocycles. The van der Waals surface area contributed by atoms with Gasteiger partial charge in [0.25, 0.3) is 0 Å². The average Bonchev–Trinajstić information content (AvgIpc) is 2.76. The molecular weight excluding hydrogens is 309 g/mol. The van der Waals surface area contributed by atoms with Crippen molar-refractivity contribution in [2.45, 2.75) is 20.0 Å². The molecule has 2 aromatic heterocycles. The Morgan fingerprint density at radius 3 is 2.87 bits per heavy atom. The molecular formula is C9H10IN3O2. The molecule has 0 amide bonds. The summed E-state index contributed by atoms with van der Waals surface area (Å²) < 4.78 is 11.2. The lowest BCUT2D eigenvalue weighted by atomic mass is 10.4. The van der Waals surface area contributed by atoms with Crippen LogP contribution >= 0.6 is 22.6 Å². The van der Waals surface area contributed by atoms with Gasteiger partial charge in [0.05, 0.1) is 13.1 Å². The maximum Gasteiger partial charge on any atom is 0.240 e. The van der Waals surface area contributed by atoms with Gasteiger partial charge in [0.2, 0.25) is 5.89 Å². The van der Waals surface area contributed by atoms with Crippen LogP contribution in [0.5, 0.6) is 0 Å². The van der Waals surface area contributed by atoms with E-state index in [0.29, 0.717) is 24.8 Å². The van der Waals surface area contributed by atoms with Crippen molar-refractivity contribution in [2.24, 2.45) is 0 Å². The normalized spacial score (nSPS) is 10.8. The topological polar surface area (TPSA) is 64.1 Å². The van der Waals surface area contributed by atoms with Gasteiger partial charge in [-0.05, 0) is 41.6 Å². The summed E-state index contributed by atoms with van der Waals surface area (Å²) in [5.41, 5.74) is 0. The van der Waals surface area contributed by atoms with E-state index in [9.17, 15) is 0 Å². The summed E-state index contributed by atoms with van der Waals surface area (Å²) in [4.78, 5) is 4.07. The third-order valence-electron chi connectivity index (χ3n) is 1.77.